The fourth-order valence-corrected chi connectivity index (χ4v) is 0.364. The normalized spacial score (nSPS) is 12.2. The molecule has 2 N–H and O–H groups in total. The molecule has 4 nitrogen and oxygen atoms in total. The van der Waals surface area contributed by atoms with Crippen molar-refractivity contribution in [3.05, 3.63) is 18.5 Å². The fourth-order valence-electron chi connectivity index (χ4n) is 0.364. The Kier molecular flexibility index (Phi) is 4.53. The summed E-state index contributed by atoms with van der Waals surface area (Å²) in [6.45, 7) is 4.01. The van der Waals surface area contributed by atoms with Gasteiger partial charge in [0.15, 0.2) is 0 Å². The Bertz CT molecular complexity index is 123. The van der Waals surface area contributed by atoms with Crippen LogP contribution in [0.2, 0.25) is 0 Å². The van der Waals surface area contributed by atoms with Gasteiger partial charge in [-0.05, 0) is 0 Å². The molecule has 0 aliphatic rings. The lowest BCUT2D eigenvalue weighted by Crippen LogP contribution is -3.02. The monoisotopic (exact) mass is 144 g/mol. The molecule has 0 amide bonds. The van der Waals surface area contributed by atoms with Gasteiger partial charge < -0.3 is 15.6 Å². The Balaban J connectivity index is 3.19. The number of hydrogen-bond acceptors (Lipinski definition) is 2. The lowest BCUT2D eigenvalue weighted by atomic mass is 10.6. The molecule has 0 saturated carbocycles. The molecule has 0 fully saturated rings. The molecule has 1 unspecified atom stereocenters. The molecule has 0 aromatic heterocycles. The molecule has 0 saturated heterocycles. The molecule has 0 aromatic rings. The summed E-state index contributed by atoms with van der Waals surface area (Å²) in [6, 6.07) is 0. The van der Waals surface area contributed by atoms with Crippen LogP contribution in [0.4, 0.5) is 0 Å². The van der Waals surface area contributed by atoms with Crippen LogP contribution in [-0.2, 0) is 9.53 Å². The molecule has 0 aliphatic carbocycles. The second-order valence-corrected chi connectivity index (χ2v) is 1.90. The molecule has 0 heterocycles. The maximum absolute atomic E-state index is 10.4. The third kappa shape index (κ3) is 5.27. The van der Waals surface area contributed by atoms with Crippen LogP contribution in [0, 0.1) is 0 Å². The van der Waals surface area contributed by atoms with Gasteiger partial charge in [0.05, 0.1) is 7.05 Å². The standard InChI is InChI=1S/C6H12N2O2/c1-3-6(9)10-5-4-8(2)7/h3,7-8H,1,4-5H2,2H3. The van der Waals surface area contributed by atoms with Crippen molar-refractivity contribution in [2.24, 2.45) is 0 Å². The number of hydrogen-bond donors (Lipinski definition) is 1. The zero-order chi connectivity index (χ0) is 7.98. The predicted molar refractivity (Wildman–Crippen MR) is 37.2 cm³/mol. The number of carbonyl (C=O) groups excluding carboxylic acids is 1. The quantitative estimate of drug-likeness (QED) is 0.319. The van der Waals surface area contributed by atoms with Crippen LogP contribution in [0.3, 0.4) is 0 Å². The first-order valence-corrected chi connectivity index (χ1v) is 3.00. The van der Waals surface area contributed by atoms with Crippen LogP contribution < -0.4 is 5.01 Å². The fraction of sp³-hybridized carbons (Fsp3) is 0.500. The second kappa shape index (κ2) is 4.96. The van der Waals surface area contributed by atoms with Crippen molar-refractivity contribution in [3.8, 4) is 0 Å². The molecule has 0 rings (SSSR count). The highest BCUT2D eigenvalue weighted by Gasteiger charge is 1.94. The average molecular weight is 144 g/mol. The van der Waals surface area contributed by atoms with Crippen molar-refractivity contribution in [2.45, 2.75) is 0 Å². The Morgan fingerprint density at radius 2 is 2.50 bits per heavy atom. The van der Waals surface area contributed by atoms with E-state index >= 15 is 0 Å². The van der Waals surface area contributed by atoms with E-state index in [1.165, 1.54) is 0 Å². The van der Waals surface area contributed by atoms with Crippen LogP contribution in [0.5, 0.6) is 0 Å². The highest BCUT2D eigenvalue weighted by molar-refractivity contribution is 5.81. The van der Waals surface area contributed by atoms with E-state index in [1.807, 2.05) is 0 Å². The molecule has 0 bridgehead atoms. The summed E-state index contributed by atoms with van der Waals surface area (Å²) in [4.78, 5) is 10.4. The van der Waals surface area contributed by atoms with Gasteiger partial charge in [-0.15, -0.1) is 0 Å². The zero-order valence-corrected chi connectivity index (χ0v) is 6.02. The summed E-state index contributed by atoms with van der Waals surface area (Å²) in [5.74, 6) is 6.55. The van der Waals surface area contributed by atoms with Crippen LogP contribution in [-0.4, -0.2) is 26.2 Å². The number of ether oxygens (including phenoxy) is 1. The number of quaternary nitrogens is 1. The van der Waals surface area contributed by atoms with Gasteiger partial charge in [-0.25, -0.2) is 4.79 Å². The minimum absolute atomic E-state index is 0.278. The maximum Gasteiger partial charge on any atom is 0.330 e. The van der Waals surface area contributed by atoms with Crippen LogP contribution in [0.15, 0.2) is 12.7 Å². The lowest BCUT2D eigenvalue weighted by Gasteiger charge is -2.13. The van der Waals surface area contributed by atoms with E-state index in [9.17, 15) is 4.79 Å². The van der Waals surface area contributed by atoms with E-state index in [0.717, 1.165) is 6.08 Å². The summed E-state index contributed by atoms with van der Waals surface area (Å²) < 4.78 is 4.60. The summed E-state index contributed by atoms with van der Waals surface area (Å²) in [7, 11) is 1.67. The van der Waals surface area contributed by atoms with Crippen molar-refractivity contribution in [3.63, 3.8) is 0 Å². The topological polar surface area (TPSA) is 54.5 Å². The zero-order valence-electron chi connectivity index (χ0n) is 6.02. The SMILES string of the molecule is C=CC(=O)OCC[NH+](C)[NH-]. The first-order valence-electron chi connectivity index (χ1n) is 3.00. The molecule has 0 aromatic carbocycles. The van der Waals surface area contributed by atoms with Crippen molar-refractivity contribution >= 4 is 5.97 Å². The second-order valence-electron chi connectivity index (χ2n) is 1.90. The number of rotatable bonds is 4. The Hall–Kier alpha value is -0.870. The van der Waals surface area contributed by atoms with Crippen LogP contribution >= 0.6 is 0 Å². The highest BCUT2D eigenvalue weighted by atomic mass is 16.5. The highest BCUT2D eigenvalue weighted by Crippen LogP contribution is 1.74. The van der Waals surface area contributed by atoms with E-state index in [2.05, 4.69) is 11.3 Å². The van der Waals surface area contributed by atoms with E-state index < -0.39 is 5.97 Å². The third-order valence-electron chi connectivity index (χ3n) is 0.888. The van der Waals surface area contributed by atoms with Gasteiger partial charge >= 0.3 is 5.97 Å². The van der Waals surface area contributed by atoms with Gasteiger partial charge in [0.25, 0.3) is 0 Å². The Labute approximate surface area is 60.2 Å². The summed E-state index contributed by atoms with van der Waals surface area (Å²) in [5, 5.41) is 0.511. The largest absolute Gasteiger partial charge is 0.470 e. The average Bonchev–Trinajstić information content (AvgIpc) is 1.87. The van der Waals surface area contributed by atoms with Gasteiger partial charge in [-0.2, -0.15) is 0 Å². The van der Waals surface area contributed by atoms with E-state index in [4.69, 9.17) is 5.84 Å². The Morgan fingerprint density at radius 1 is 1.90 bits per heavy atom. The number of likely N-dealkylation sites (N-methyl/N-ethyl adjacent to an activating group) is 1. The van der Waals surface area contributed by atoms with Gasteiger partial charge in [-0.1, -0.05) is 6.58 Å². The third-order valence-corrected chi connectivity index (χ3v) is 0.888. The summed E-state index contributed by atoms with van der Waals surface area (Å²) >= 11 is 0. The summed E-state index contributed by atoms with van der Waals surface area (Å²) in [6.07, 6.45) is 1.11. The van der Waals surface area contributed by atoms with Crippen LogP contribution in [0.25, 0.3) is 5.84 Å². The number of esters is 1. The number of carbonyl (C=O) groups is 1. The van der Waals surface area contributed by atoms with E-state index in [-0.39, 0.29) is 6.61 Å². The van der Waals surface area contributed by atoms with Gasteiger partial charge in [-0.3, -0.25) is 0 Å². The molecular weight excluding hydrogens is 132 g/mol. The first-order chi connectivity index (χ1) is 4.66. The van der Waals surface area contributed by atoms with Crippen molar-refractivity contribution in [2.75, 3.05) is 20.2 Å². The molecule has 10 heavy (non-hydrogen) atoms. The molecule has 0 radical (unpaired) electrons. The smallest absolute Gasteiger partial charge is 0.330 e. The van der Waals surface area contributed by atoms with E-state index in [0.29, 0.717) is 11.6 Å². The molecule has 1 atom stereocenters. The Morgan fingerprint density at radius 3 is 2.90 bits per heavy atom. The molecular formula is C6H12N2O2. The van der Waals surface area contributed by atoms with Crippen molar-refractivity contribution < 1.29 is 14.5 Å². The minimum Gasteiger partial charge on any atom is -0.470 e. The van der Waals surface area contributed by atoms with Gasteiger partial charge in [0.1, 0.15) is 13.2 Å². The predicted octanol–water partition coefficient (Wildman–Crippen LogP) is -0.802. The van der Waals surface area contributed by atoms with E-state index in [1.54, 1.807) is 7.05 Å². The van der Waals surface area contributed by atoms with Gasteiger partial charge in [0.2, 0.25) is 0 Å². The maximum atomic E-state index is 10.4. The minimum atomic E-state index is -0.429. The van der Waals surface area contributed by atoms with Crippen molar-refractivity contribution in [1.82, 2.24) is 0 Å². The lowest BCUT2D eigenvalue weighted by molar-refractivity contribution is -0.826. The van der Waals surface area contributed by atoms with Crippen molar-refractivity contribution in [1.29, 1.82) is 0 Å². The van der Waals surface area contributed by atoms with Crippen LogP contribution in [0.1, 0.15) is 0 Å². The summed E-state index contributed by atoms with van der Waals surface area (Å²) in [5.41, 5.74) is 0. The first kappa shape index (κ1) is 9.13. The molecule has 4 heteroatoms. The number of nitrogens with one attached hydrogen (secondary N) is 2. The molecule has 58 valence electrons. The van der Waals surface area contributed by atoms with Gasteiger partial charge in [0, 0.05) is 6.08 Å². The molecule has 0 spiro atoms. The molecule has 0 aliphatic heterocycles.